The van der Waals surface area contributed by atoms with Crippen LogP contribution in [0, 0.1) is 0 Å². The lowest BCUT2D eigenvalue weighted by Gasteiger charge is -2.07. The summed E-state index contributed by atoms with van der Waals surface area (Å²) in [6, 6.07) is 7.29. The van der Waals surface area contributed by atoms with Crippen LogP contribution in [0.2, 0.25) is 0 Å². The molecule has 0 amide bonds. The minimum atomic E-state index is -0.305. The van der Waals surface area contributed by atoms with Crippen LogP contribution in [0.15, 0.2) is 35.4 Å². The van der Waals surface area contributed by atoms with E-state index in [1.165, 1.54) is 13.4 Å². The van der Waals surface area contributed by atoms with Gasteiger partial charge in [-0.15, -0.1) is 0 Å². The molecule has 0 atom stereocenters. The average molecular weight is 232 g/mol. The summed E-state index contributed by atoms with van der Waals surface area (Å²) in [7, 11) is 3.03. The van der Waals surface area contributed by atoms with Gasteiger partial charge in [-0.05, 0) is 12.1 Å². The maximum atomic E-state index is 11.5. The Morgan fingerprint density at radius 1 is 1.24 bits per heavy atom. The fraction of sp³-hybridized carbons (Fsp3) is 0.167. The second kappa shape index (κ2) is 4.69. The van der Waals surface area contributed by atoms with Gasteiger partial charge >= 0.3 is 0 Å². The third-order valence-electron chi connectivity index (χ3n) is 2.36. The number of hydrogen-bond donors (Lipinski definition) is 1. The van der Waals surface area contributed by atoms with Crippen molar-refractivity contribution in [3.05, 3.63) is 40.9 Å². The molecule has 2 aromatic rings. The molecular weight excluding hydrogens is 220 g/mol. The lowest BCUT2D eigenvalue weighted by Crippen LogP contribution is -2.11. The lowest BCUT2D eigenvalue weighted by atomic mass is 10.1. The van der Waals surface area contributed by atoms with Gasteiger partial charge < -0.3 is 14.5 Å². The number of ether oxygens (including phenoxy) is 2. The first-order valence-electron chi connectivity index (χ1n) is 5.02. The lowest BCUT2D eigenvalue weighted by molar-refractivity contribution is 0.407. The van der Waals surface area contributed by atoms with E-state index in [4.69, 9.17) is 9.47 Å². The summed E-state index contributed by atoms with van der Waals surface area (Å²) in [5.41, 5.74) is 0.961. The number of benzene rings is 1. The van der Waals surface area contributed by atoms with Crippen molar-refractivity contribution in [1.82, 2.24) is 9.97 Å². The van der Waals surface area contributed by atoms with E-state index < -0.39 is 0 Å². The van der Waals surface area contributed by atoms with Crippen LogP contribution in [0.3, 0.4) is 0 Å². The van der Waals surface area contributed by atoms with E-state index >= 15 is 0 Å². The van der Waals surface area contributed by atoms with Gasteiger partial charge in [-0.2, -0.15) is 0 Å². The fourth-order valence-corrected chi connectivity index (χ4v) is 1.55. The number of aromatic nitrogens is 2. The van der Waals surface area contributed by atoms with Gasteiger partial charge in [0.05, 0.1) is 20.5 Å². The molecule has 0 radical (unpaired) electrons. The van der Waals surface area contributed by atoms with Crippen LogP contribution in [-0.4, -0.2) is 24.2 Å². The SMILES string of the molecule is COc1cccc(-c2nc[nH]c(=O)c2OC)c1. The number of H-pyrrole nitrogens is 1. The van der Waals surface area contributed by atoms with E-state index in [9.17, 15) is 4.79 Å². The third kappa shape index (κ3) is 2.13. The van der Waals surface area contributed by atoms with E-state index in [0.717, 1.165) is 5.56 Å². The zero-order valence-corrected chi connectivity index (χ0v) is 9.56. The molecule has 0 aliphatic rings. The monoisotopic (exact) mass is 232 g/mol. The number of methoxy groups -OCH3 is 2. The normalized spacial score (nSPS) is 10.0. The first-order valence-corrected chi connectivity index (χ1v) is 5.02. The maximum Gasteiger partial charge on any atom is 0.293 e. The van der Waals surface area contributed by atoms with Crippen molar-refractivity contribution in [2.45, 2.75) is 0 Å². The number of nitrogens with one attached hydrogen (secondary N) is 1. The predicted molar refractivity (Wildman–Crippen MR) is 63.4 cm³/mol. The van der Waals surface area contributed by atoms with Gasteiger partial charge in [-0.3, -0.25) is 4.79 Å². The molecule has 5 heteroatoms. The molecule has 0 bridgehead atoms. The van der Waals surface area contributed by atoms with Crippen LogP contribution in [-0.2, 0) is 0 Å². The Bertz CT molecular complexity index is 578. The topological polar surface area (TPSA) is 64.2 Å². The van der Waals surface area contributed by atoms with Gasteiger partial charge in [0.15, 0.2) is 0 Å². The van der Waals surface area contributed by atoms with Gasteiger partial charge in [-0.1, -0.05) is 12.1 Å². The molecular formula is C12H12N2O3. The second-order valence-corrected chi connectivity index (χ2v) is 3.35. The van der Waals surface area contributed by atoms with Gasteiger partial charge in [0, 0.05) is 5.56 Å². The van der Waals surface area contributed by atoms with Crippen molar-refractivity contribution in [3.8, 4) is 22.8 Å². The predicted octanol–water partition coefficient (Wildman–Crippen LogP) is 1.45. The molecule has 2 rings (SSSR count). The molecule has 0 unspecified atom stereocenters. The van der Waals surface area contributed by atoms with Gasteiger partial charge in [-0.25, -0.2) is 4.98 Å². The van der Waals surface area contributed by atoms with E-state index in [-0.39, 0.29) is 11.3 Å². The number of rotatable bonds is 3. The van der Waals surface area contributed by atoms with E-state index in [0.29, 0.717) is 11.4 Å². The van der Waals surface area contributed by atoms with Crippen molar-refractivity contribution < 1.29 is 9.47 Å². The highest BCUT2D eigenvalue weighted by atomic mass is 16.5. The molecule has 5 nitrogen and oxygen atoms in total. The maximum absolute atomic E-state index is 11.5. The standard InChI is InChI=1S/C12H12N2O3/c1-16-9-5-3-4-8(6-9)10-11(17-2)12(15)14-7-13-10/h3-7H,1-2H3,(H,13,14,15). The van der Waals surface area contributed by atoms with Crippen molar-refractivity contribution in [1.29, 1.82) is 0 Å². The van der Waals surface area contributed by atoms with Crippen LogP contribution in [0.25, 0.3) is 11.3 Å². The van der Waals surface area contributed by atoms with Crippen molar-refractivity contribution in [2.24, 2.45) is 0 Å². The molecule has 0 saturated carbocycles. The molecule has 0 aliphatic heterocycles. The van der Waals surface area contributed by atoms with Crippen LogP contribution in [0.5, 0.6) is 11.5 Å². The van der Waals surface area contributed by atoms with Gasteiger partial charge in [0.2, 0.25) is 5.75 Å². The minimum Gasteiger partial charge on any atom is -0.497 e. The summed E-state index contributed by atoms with van der Waals surface area (Å²) in [6.45, 7) is 0. The molecule has 1 aromatic heterocycles. The largest absolute Gasteiger partial charge is 0.497 e. The molecule has 1 N–H and O–H groups in total. The first-order chi connectivity index (χ1) is 8.26. The Kier molecular flexibility index (Phi) is 3.09. The van der Waals surface area contributed by atoms with Crippen molar-refractivity contribution in [3.63, 3.8) is 0 Å². The van der Waals surface area contributed by atoms with Crippen LogP contribution < -0.4 is 15.0 Å². The van der Waals surface area contributed by atoms with Crippen molar-refractivity contribution in [2.75, 3.05) is 14.2 Å². The molecule has 1 aromatic carbocycles. The molecule has 0 saturated heterocycles. The van der Waals surface area contributed by atoms with Crippen LogP contribution >= 0.6 is 0 Å². The summed E-state index contributed by atoms with van der Waals surface area (Å²) in [4.78, 5) is 18.1. The molecule has 0 fully saturated rings. The van der Waals surface area contributed by atoms with Gasteiger partial charge in [0.25, 0.3) is 5.56 Å². The Balaban J connectivity index is 2.59. The smallest absolute Gasteiger partial charge is 0.293 e. The summed E-state index contributed by atoms with van der Waals surface area (Å²) in [5.74, 6) is 0.896. The summed E-state index contributed by atoms with van der Waals surface area (Å²) in [6.07, 6.45) is 1.35. The zero-order valence-electron chi connectivity index (χ0n) is 9.56. The average Bonchev–Trinajstić information content (AvgIpc) is 2.38. The molecule has 1 heterocycles. The Morgan fingerprint density at radius 2 is 2.06 bits per heavy atom. The Hall–Kier alpha value is -2.30. The Morgan fingerprint density at radius 3 is 2.76 bits per heavy atom. The molecule has 0 spiro atoms. The number of aromatic amines is 1. The highest BCUT2D eigenvalue weighted by Gasteiger charge is 2.11. The minimum absolute atomic E-state index is 0.195. The van der Waals surface area contributed by atoms with E-state index in [2.05, 4.69) is 9.97 Å². The number of hydrogen-bond acceptors (Lipinski definition) is 4. The van der Waals surface area contributed by atoms with Crippen molar-refractivity contribution >= 4 is 0 Å². The Labute approximate surface area is 98.0 Å². The number of nitrogens with zero attached hydrogens (tertiary/aromatic N) is 1. The quantitative estimate of drug-likeness (QED) is 0.870. The van der Waals surface area contributed by atoms with Crippen LogP contribution in [0.1, 0.15) is 0 Å². The third-order valence-corrected chi connectivity index (χ3v) is 2.36. The highest BCUT2D eigenvalue weighted by Crippen LogP contribution is 2.26. The first kappa shape index (κ1) is 11.2. The van der Waals surface area contributed by atoms with Gasteiger partial charge in [0.1, 0.15) is 11.4 Å². The summed E-state index contributed by atoms with van der Waals surface area (Å²) >= 11 is 0. The fourth-order valence-electron chi connectivity index (χ4n) is 1.55. The van der Waals surface area contributed by atoms with Crippen LogP contribution in [0.4, 0.5) is 0 Å². The highest BCUT2D eigenvalue weighted by molar-refractivity contribution is 5.66. The van der Waals surface area contributed by atoms with E-state index in [1.807, 2.05) is 18.2 Å². The second-order valence-electron chi connectivity index (χ2n) is 3.35. The zero-order chi connectivity index (χ0) is 12.3. The molecule has 17 heavy (non-hydrogen) atoms. The molecule has 88 valence electrons. The summed E-state index contributed by atoms with van der Waals surface area (Å²) in [5, 5.41) is 0. The summed E-state index contributed by atoms with van der Waals surface area (Å²) < 4.78 is 10.2. The van der Waals surface area contributed by atoms with E-state index in [1.54, 1.807) is 13.2 Å². The molecule has 0 aliphatic carbocycles.